The Balaban J connectivity index is 1.84. The highest BCUT2D eigenvalue weighted by Gasteiger charge is 2.50. The van der Waals surface area contributed by atoms with Gasteiger partial charge in [-0.15, -0.1) is 0 Å². The monoisotopic (exact) mass is 190 g/mol. The standard InChI is InChI=1S/C13H18O/c1-2-12-10-13(12,14)9-8-11-6-4-3-5-7-11/h3-7,12,14H,2,8-10H2,1H3/t12-,13-/m0/s1. The smallest absolute Gasteiger partial charge is 0.0683 e. The maximum atomic E-state index is 10.0. The third-order valence-corrected chi connectivity index (χ3v) is 3.38. The molecule has 1 saturated carbocycles. The lowest BCUT2D eigenvalue weighted by Gasteiger charge is -2.09. The average Bonchev–Trinajstić information content (AvgIpc) is 2.89. The van der Waals surface area contributed by atoms with Crippen LogP contribution in [0.3, 0.4) is 0 Å². The third-order valence-electron chi connectivity index (χ3n) is 3.38. The summed E-state index contributed by atoms with van der Waals surface area (Å²) in [5.41, 5.74) is 1.01. The van der Waals surface area contributed by atoms with Crippen LogP contribution in [0, 0.1) is 5.92 Å². The van der Waals surface area contributed by atoms with Crippen LogP contribution in [0.4, 0.5) is 0 Å². The van der Waals surface area contributed by atoms with Crippen molar-refractivity contribution in [3.05, 3.63) is 35.9 Å². The van der Waals surface area contributed by atoms with Gasteiger partial charge in [-0.1, -0.05) is 43.7 Å². The van der Waals surface area contributed by atoms with E-state index in [4.69, 9.17) is 0 Å². The van der Waals surface area contributed by atoms with Gasteiger partial charge in [0.05, 0.1) is 5.60 Å². The van der Waals surface area contributed by atoms with Crippen LogP contribution in [-0.2, 0) is 6.42 Å². The first-order chi connectivity index (χ1) is 6.74. The summed E-state index contributed by atoms with van der Waals surface area (Å²) in [7, 11) is 0. The van der Waals surface area contributed by atoms with Crippen LogP contribution >= 0.6 is 0 Å². The maximum Gasteiger partial charge on any atom is 0.0683 e. The molecule has 76 valence electrons. The molecule has 2 atom stereocenters. The van der Waals surface area contributed by atoms with Crippen LogP contribution in [-0.4, -0.2) is 10.7 Å². The first-order valence-corrected chi connectivity index (χ1v) is 5.51. The molecule has 0 heterocycles. The molecule has 14 heavy (non-hydrogen) atoms. The van der Waals surface area contributed by atoms with Crippen molar-refractivity contribution in [3.63, 3.8) is 0 Å². The maximum absolute atomic E-state index is 10.0. The van der Waals surface area contributed by atoms with Crippen LogP contribution in [0.2, 0.25) is 0 Å². The summed E-state index contributed by atoms with van der Waals surface area (Å²) in [5.74, 6) is 0.561. The van der Waals surface area contributed by atoms with E-state index in [1.165, 1.54) is 5.56 Å². The van der Waals surface area contributed by atoms with Gasteiger partial charge in [-0.25, -0.2) is 0 Å². The van der Waals surface area contributed by atoms with E-state index >= 15 is 0 Å². The zero-order chi connectivity index (χ0) is 10.0. The van der Waals surface area contributed by atoms with E-state index in [1.807, 2.05) is 6.07 Å². The molecule has 1 N–H and O–H groups in total. The first-order valence-electron chi connectivity index (χ1n) is 5.51. The minimum absolute atomic E-state index is 0.329. The van der Waals surface area contributed by atoms with Gasteiger partial charge in [0, 0.05) is 0 Å². The molecule has 1 heteroatoms. The molecule has 0 aromatic heterocycles. The van der Waals surface area contributed by atoms with Gasteiger partial charge in [0.2, 0.25) is 0 Å². The Labute approximate surface area is 85.8 Å². The number of rotatable bonds is 4. The van der Waals surface area contributed by atoms with E-state index in [0.717, 1.165) is 25.7 Å². The summed E-state index contributed by atoms with van der Waals surface area (Å²) in [6.45, 7) is 2.16. The van der Waals surface area contributed by atoms with Gasteiger partial charge in [0.15, 0.2) is 0 Å². The molecule has 0 amide bonds. The van der Waals surface area contributed by atoms with Gasteiger partial charge in [0.1, 0.15) is 0 Å². The Hall–Kier alpha value is -0.820. The number of hydrogen-bond acceptors (Lipinski definition) is 1. The molecule has 1 fully saturated rings. The predicted octanol–water partition coefficient (Wildman–Crippen LogP) is 2.78. The second-order valence-electron chi connectivity index (χ2n) is 4.40. The third kappa shape index (κ3) is 1.98. The summed E-state index contributed by atoms with van der Waals surface area (Å²) in [6.07, 6.45) is 4.06. The topological polar surface area (TPSA) is 20.2 Å². The van der Waals surface area contributed by atoms with E-state index in [1.54, 1.807) is 0 Å². The molecule has 1 aliphatic carbocycles. The minimum atomic E-state index is -0.329. The van der Waals surface area contributed by atoms with Gasteiger partial charge >= 0.3 is 0 Å². The Morgan fingerprint density at radius 3 is 2.64 bits per heavy atom. The zero-order valence-corrected chi connectivity index (χ0v) is 8.74. The predicted molar refractivity (Wildman–Crippen MR) is 58.1 cm³/mol. The molecule has 1 aliphatic rings. The Kier molecular flexibility index (Phi) is 2.60. The molecule has 1 aromatic rings. The lowest BCUT2D eigenvalue weighted by atomic mass is 10.0. The van der Waals surface area contributed by atoms with Crippen molar-refractivity contribution in [1.82, 2.24) is 0 Å². The van der Waals surface area contributed by atoms with Crippen LogP contribution in [0.1, 0.15) is 31.7 Å². The fraction of sp³-hybridized carbons (Fsp3) is 0.538. The van der Waals surface area contributed by atoms with Crippen LogP contribution in [0.5, 0.6) is 0 Å². The number of aryl methyl sites for hydroxylation is 1. The van der Waals surface area contributed by atoms with Crippen molar-refractivity contribution in [1.29, 1.82) is 0 Å². The van der Waals surface area contributed by atoms with Crippen molar-refractivity contribution in [3.8, 4) is 0 Å². The lowest BCUT2D eigenvalue weighted by Crippen LogP contribution is -2.11. The van der Waals surface area contributed by atoms with E-state index < -0.39 is 0 Å². The quantitative estimate of drug-likeness (QED) is 0.774. The van der Waals surface area contributed by atoms with E-state index in [-0.39, 0.29) is 5.60 Å². The van der Waals surface area contributed by atoms with Gasteiger partial charge in [-0.05, 0) is 30.7 Å². The molecular weight excluding hydrogens is 172 g/mol. The van der Waals surface area contributed by atoms with Gasteiger partial charge in [-0.3, -0.25) is 0 Å². The Bertz CT molecular complexity index is 293. The van der Waals surface area contributed by atoms with E-state index in [9.17, 15) is 5.11 Å². The summed E-state index contributed by atoms with van der Waals surface area (Å²) < 4.78 is 0. The van der Waals surface area contributed by atoms with Crippen molar-refractivity contribution in [2.75, 3.05) is 0 Å². The fourth-order valence-corrected chi connectivity index (χ4v) is 2.20. The lowest BCUT2D eigenvalue weighted by molar-refractivity contribution is 0.120. The molecule has 2 rings (SSSR count). The van der Waals surface area contributed by atoms with Crippen molar-refractivity contribution >= 4 is 0 Å². The summed E-state index contributed by atoms with van der Waals surface area (Å²) in [4.78, 5) is 0. The van der Waals surface area contributed by atoms with E-state index in [2.05, 4.69) is 31.2 Å². The van der Waals surface area contributed by atoms with Gasteiger partial charge < -0.3 is 5.11 Å². The highest BCUT2D eigenvalue weighted by atomic mass is 16.3. The Morgan fingerprint density at radius 2 is 2.07 bits per heavy atom. The normalized spacial score (nSPS) is 30.3. The van der Waals surface area contributed by atoms with Crippen molar-refractivity contribution in [2.45, 2.75) is 38.2 Å². The zero-order valence-electron chi connectivity index (χ0n) is 8.74. The van der Waals surface area contributed by atoms with Crippen molar-refractivity contribution in [2.24, 2.45) is 5.92 Å². The number of hydrogen-bond donors (Lipinski definition) is 1. The number of benzene rings is 1. The molecular formula is C13H18O. The highest BCUT2D eigenvalue weighted by Crippen LogP contribution is 2.48. The summed E-state index contributed by atoms with van der Waals surface area (Å²) in [5, 5.41) is 10.0. The van der Waals surface area contributed by atoms with Gasteiger partial charge in [0.25, 0.3) is 0 Å². The largest absolute Gasteiger partial charge is 0.390 e. The van der Waals surface area contributed by atoms with Crippen molar-refractivity contribution < 1.29 is 5.11 Å². The molecule has 1 nitrogen and oxygen atoms in total. The molecule has 0 bridgehead atoms. The SMILES string of the molecule is CC[C@H]1C[C@@]1(O)CCc1ccccc1. The molecule has 0 spiro atoms. The number of aliphatic hydroxyl groups is 1. The van der Waals surface area contributed by atoms with E-state index in [0.29, 0.717) is 5.92 Å². The molecule has 0 aliphatic heterocycles. The highest BCUT2D eigenvalue weighted by molar-refractivity contribution is 5.16. The second kappa shape index (κ2) is 3.74. The first kappa shape index (κ1) is 9.72. The van der Waals surface area contributed by atoms with Crippen LogP contribution < -0.4 is 0 Å². The molecule has 0 unspecified atom stereocenters. The average molecular weight is 190 g/mol. The van der Waals surface area contributed by atoms with Gasteiger partial charge in [-0.2, -0.15) is 0 Å². The van der Waals surface area contributed by atoms with Crippen LogP contribution in [0.15, 0.2) is 30.3 Å². The summed E-state index contributed by atoms with van der Waals surface area (Å²) >= 11 is 0. The molecule has 0 saturated heterocycles. The summed E-state index contributed by atoms with van der Waals surface area (Å²) in [6, 6.07) is 10.4. The molecule has 1 aromatic carbocycles. The Morgan fingerprint density at radius 1 is 1.36 bits per heavy atom. The minimum Gasteiger partial charge on any atom is -0.390 e. The fourth-order valence-electron chi connectivity index (χ4n) is 2.20. The molecule has 0 radical (unpaired) electrons. The van der Waals surface area contributed by atoms with Crippen LogP contribution in [0.25, 0.3) is 0 Å². The second-order valence-corrected chi connectivity index (χ2v) is 4.40.